The number of aromatic nitrogens is 2. The molecule has 0 unspecified atom stereocenters. The summed E-state index contributed by atoms with van der Waals surface area (Å²) in [5, 5.41) is 1.00. The van der Waals surface area contributed by atoms with Gasteiger partial charge in [0.2, 0.25) is 0 Å². The van der Waals surface area contributed by atoms with Crippen molar-refractivity contribution < 1.29 is 4.39 Å². The van der Waals surface area contributed by atoms with Crippen LogP contribution in [0, 0.1) is 5.82 Å². The second-order valence-electron chi connectivity index (χ2n) is 3.66. The third-order valence-corrected chi connectivity index (χ3v) is 2.56. The summed E-state index contributed by atoms with van der Waals surface area (Å²) in [6.45, 7) is 0. The first-order valence-electron chi connectivity index (χ1n) is 5.01. The van der Waals surface area contributed by atoms with E-state index in [9.17, 15) is 4.39 Å². The van der Waals surface area contributed by atoms with Crippen molar-refractivity contribution in [1.82, 2.24) is 9.97 Å². The van der Waals surface area contributed by atoms with E-state index in [2.05, 4.69) is 9.97 Å². The average Bonchev–Trinajstić information content (AvgIpc) is 2.73. The standard InChI is InChI=1S/C13H9FN2/c14-11-4-3-9-6-12(16-13(9)7-11)10-2-1-5-15-8-10/h1-8,16H. The lowest BCUT2D eigenvalue weighted by Gasteiger charge is -1.94. The van der Waals surface area contributed by atoms with Gasteiger partial charge in [0.05, 0.1) is 0 Å². The molecular formula is C13H9FN2. The molecule has 16 heavy (non-hydrogen) atoms. The molecule has 3 aromatic rings. The fourth-order valence-corrected chi connectivity index (χ4v) is 1.78. The lowest BCUT2D eigenvalue weighted by Crippen LogP contribution is -1.77. The molecule has 2 heterocycles. The molecule has 2 nitrogen and oxygen atoms in total. The van der Waals surface area contributed by atoms with Gasteiger partial charge in [0.25, 0.3) is 0 Å². The third-order valence-electron chi connectivity index (χ3n) is 2.56. The molecule has 0 saturated heterocycles. The van der Waals surface area contributed by atoms with Crippen LogP contribution in [0.2, 0.25) is 0 Å². The molecule has 1 aromatic carbocycles. The fraction of sp³-hybridized carbons (Fsp3) is 0. The van der Waals surface area contributed by atoms with E-state index in [0.717, 1.165) is 22.2 Å². The molecule has 0 radical (unpaired) electrons. The Balaban J connectivity index is 2.19. The summed E-state index contributed by atoms with van der Waals surface area (Å²) in [5.41, 5.74) is 2.76. The Hall–Kier alpha value is -2.16. The van der Waals surface area contributed by atoms with Gasteiger partial charge in [-0.05, 0) is 36.4 Å². The van der Waals surface area contributed by atoms with Gasteiger partial charge in [0.1, 0.15) is 5.82 Å². The first kappa shape index (κ1) is 9.09. The largest absolute Gasteiger partial charge is 0.354 e. The zero-order valence-electron chi connectivity index (χ0n) is 8.44. The molecule has 0 amide bonds. The van der Waals surface area contributed by atoms with E-state index in [1.54, 1.807) is 18.5 Å². The average molecular weight is 212 g/mol. The van der Waals surface area contributed by atoms with Crippen molar-refractivity contribution in [1.29, 1.82) is 0 Å². The van der Waals surface area contributed by atoms with E-state index in [0.29, 0.717) is 0 Å². The monoisotopic (exact) mass is 212 g/mol. The molecule has 3 rings (SSSR count). The van der Waals surface area contributed by atoms with Gasteiger partial charge < -0.3 is 4.98 Å². The van der Waals surface area contributed by atoms with Gasteiger partial charge in [0.15, 0.2) is 0 Å². The van der Waals surface area contributed by atoms with Crippen LogP contribution in [0.15, 0.2) is 48.8 Å². The van der Waals surface area contributed by atoms with Crippen molar-refractivity contribution in [2.24, 2.45) is 0 Å². The van der Waals surface area contributed by atoms with Crippen LogP contribution in [0.1, 0.15) is 0 Å². The van der Waals surface area contributed by atoms with Gasteiger partial charge in [-0.15, -0.1) is 0 Å². The van der Waals surface area contributed by atoms with Crippen molar-refractivity contribution >= 4 is 10.9 Å². The summed E-state index contributed by atoms with van der Waals surface area (Å²) < 4.78 is 13.0. The van der Waals surface area contributed by atoms with E-state index in [1.807, 2.05) is 18.2 Å². The number of fused-ring (bicyclic) bond motifs is 1. The minimum Gasteiger partial charge on any atom is -0.354 e. The van der Waals surface area contributed by atoms with Crippen molar-refractivity contribution in [3.8, 4) is 11.3 Å². The molecule has 1 N–H and O–H groups in total. The van der Waals surface area contributed by atoms with E-state index in [4.69, 9.17) is 0 Å². The molecule has 0 bridgehead atoms. The molecule has 0 aliphatic heterocycles. The number of rotatable bonds is 1. The molecular weight excluding hydrogens is 203 g/mol. The van der Waals surface area contributed by atoms with Crippen LogP contribution < -0.4 is 0 Å². The van der Waals surface area contributed by atoms with Gasteiger partial charge >= 0.3 is 0 Å². The van der Waals surface area contributed by atoms with Crippen LogP contribution in [0.25, 0.3) is 22.2 Å². The molecule has 3 heteroatoms. The highest BCUT2D eigenvalue weighted by Gasteiger charge is 2.03. The molecule has 78 valence electrons. The van der Waals surface area contributed by atoms with Crippen molar-refractivity contribution in [2.75, 3.05) is 0 Å². The summed E-state index contributed by atoms with van der Waals surface area (Å²) in [5.74, 6) is -0.230. The lowest BCUT2D eigenvalue weighted by molar-refractivity contribution is 0.629. The summed E-state index contributed by atoms with van der Waals surface area (Å²) >= 11 is 0. The first-order chi connectivity index (χ1) is 7.83. The minimum absolute atomic E-state index is 0.230. The topological polar surface area (TPSA) is 28.7 Å². The number of H-pyrrole nitrogens is 1. The van der Waals surface area contributed by atoms with Gasteiger partial charge in [-0.1, -0.05) is 0 Å². The Morgan fingerprint density at radius 3 is 2.88 bits per heavy atom. The summed E-state index contributed by atoms with van der Waals surface area (Å²) in [7, 11) is 0. The zero-order chi connectivity index (χ0) is 11.0. The first-order valence-corrected chi connectivity index (χ1v) is 5.01. The number of pyridine rings is 1. The van der Waals surface area contributed by atoms with E-state index in [1.165, 1.54) is 12.1 Å². The molecule has 0 fully saturated rings. The highest BCUT2D eigenvalue weighted by molar-refractivity contribution is 5.85. The maximum atomic E-state index is 13.0. The van der Waals surface area contributed by atoms with Crippen molar-refractivity contribution in [3.63, 3.8) is 0 Å². The Morgan fingerprint density at radius 1 is 1.12 bits per heavy atom. The predicted molar refractivity (Wildman–Crippen MR) is 61.5 cm³/mol. The number of hydrogen-bond acceptors (Lipinski definition) is 1. The van der Waals surface area contributed by atoms with Gasteiger partial charge in [-0.2, -0.15) is 0 Å². The molecule has 0 spiro atoms. The minimum atomic E-state index is -0.230. The maximum absolute atomic E-state index is 13.0. The van der Waals surface area contributed by atoms with E-state index in [-0.39, 0.29) is 5.82 Å². The van der Waals surface area contributed by atoms with Crippen LogP contribution >= 0.6 is 0 Å². The zero-order valence-corrected chi connectivity index (χ0v) is 8.44. The molecule has 2 aromatic heterocycles. The summed E-state index contributed by atoms with van der Waals surface area (Å²) in [4.78, 5) is 7.23. The molecule has 0 aliphatic rings. The highest BCUT2D eigenvalue weighted by Crippen LogP contribution is 2.23. The Labute approximate surface area is 91.8 Å². The molecule has 0 atom stereocenters. The van der Waals surface area contributed by atoms with Crippen molar-refractivity contribution in [3.05, 3.63) is 54.6 Å². The predicted octanol–water partition coefficient (Wildman–Crippen LogP) is 3.37. The summed E-state index contributed by atoms with van der Waals surface area (Å²) in [6, 6.07) is 10.6. The number of hydrogen-bond donors (Lipinski definition) is 1. The van der Waals surface area contributed by atoms with Crippen LogP contribution in [-0.2, 0) is 0 Å². The lowest BCUT2D eigenvalue weighted by atomic mass is 10.2. The molecule has 0 saturated carbocycles. The maximum Gasteiger partial charge on any atom is 0.125 e. The second-order valence-corrected chi connectivity index (χ2v) is 3.66. The smallest absolute Gasteiger partial charge is 0.125 e. The summed E-state index contributed by atoms with van der Waals surface area (Å²) in [6.07, 6.45) is 3.51. The van der Waals surface area contributed by atoms with E-state index < -0.39 is 0 Å². The highest BCUT2D eigenvalue weighted by atomic mass is 19.1. The quantitative estimate of drug-likeness (QED) is 0.658. The normalized spacial score (nSPS) is 10.8. The number of benzene rings is 1. The number of nitrogens with one attached hydrogen (secondary N) is 1. The number of halogens is 1. The Bertz CT molecular complexity index is 629. The number of aromatic amines is 1. The van der Waals surface area contributed by atoms with Gasteiger partial charge in [0, 0.05) is 34.6 Å². The van der Waals surface area contributed by atoms with Crippen LogP contribution in [0.3, 0.4) is 0 Å². The fourth-order valence-electron chi connectivity index (χ4n) is 1.78. The number of nitrogens with zero attached hydrogens (tertiary/aromatic N) is 1. The Kier molecular flexibility index (Phi) is 1.96. The second kappa shape index (κ2) is 3.45. The van der Waals surface area contributed by atoms with Crippen LogP contribution in [-0.4, -0.2) is 9.97 Å². The SMILES string of the molecule is Fc1ccc2cc(-c3cccnc3)[nH]c2c1. The van der Waals surface area contributed by atoms with Crippen molar-refractivity contribution in [2.45, 2.75) is 0 Å². The Morgan fingerprint density at radius 2 is 2.06 bits per heavy atom. The van der Waals surface area contributed by atoms with Gasteiger partial charge in [-0.3, -0.25) is 4.98 Å². The van der Waals surface area contributed by atoms with Crippen LogP contribution in [0.5, 0.6) is 0 Å². The molecule has 0 aliphatic carbocycles. The third kappa shape index (κ3) is 1.46. The van der Waals surface area contributed by atoms with Crippen LogP contribution in [0.4, 0.5) is 4.39 Å². The van der Waals surface area contributed by atoms with Gasteiger partial charge in [-0.25, -0.2) is 4.39 Å². The van der Waals surface area contributed by atoms with E-state index >= 15 is 0 Å².